The van der Waals surface area contributed by atoms with Crippen LogP contribution in [0.2, 0.25) is 0 Å². The first-order valence-corrected chi connectivity index (χ1v) is 18.1. The van der Waals surface area contributed by atoms with Crippen LogP contribution in [0.25, 0.3) is 0 Å². The molecular weight excluding hydrogens is 510 g/mol. The van der Waals surface area contributed by atoms with Crippen LogP contribution in [-0.2, 0) is 0 Å². The van der Waals surface area contributed by atoms with Gasteiger partial charge in [-0.1, -0.05) is 74.3 Å². The molecule has 0 aromatic heterocycles. The zero-order valence-corrected chi connectivity index (χ0v) is 26.4. The van der Waals surface area contributed by atoms with E-state index < -0.39 is 0 Å². The van der Waals surface area contributed by atoms with E-state index in [1.54, 1.807) is 11.1 Å². The summed E-state index contributed by atoms with van der Waals surface area (Å²) in [5.74, 6) is 3.31. The highest BCUT2D eigenvalue weighted by atomic mass is 15.0. The van der Waals surface area contributed by atoms with E-state index in [9.17, 15) is 0 Å². The van der Waals surface area contributed by atoms with E-state index in [0.717, 1.165) is 24.8 Å². The molecule has 2 fully saturated rings. The van der Waals surface area contributed by atoms with Crippen LogP contribution in [0.1, 0.15) is 122 Å². The summed E-state index contributed by atoms with van der Waals surface area (Å²) >= 11 is 0. The lowest BCUT2D eigenvalue weighted by Crippen LogP contribution is -2.42. The Balaban J connectivity index is 1.18. The van der Waals surface area contributed by atoms with Crippen LogP contribution in [-0.4, -0.2) is 18.8 Å². The van der Waals surface area contributed by atoms with Crippen LogP contribution in [0.5, 0.6) is 0 Å². The Bertz CT molecular complexity index is 1060. The van der Waals surface area contributed by atoms with Gasteiger partial charge >= 0.3 is 0 Å². The van der Waals surface area contributed by atoms with Gasteiger partial charge < -0.3 is 16.4 Å². The highest BCUT2D eigenvalue weighted by Crippen LogP contribution is 2.41. The predicted molar refractivity (Wildman–Crippen MR) is 179 cm³/mol. The molecule has 42 heavy (non-hydrogen) atoms. The molecule has 0 bridgehead atoms. The van der Waals surface area contributed by atoms with Gasteiger partial charge in [-0.25, -0.2) is 0 Å². The van der Waals surface area contributed by atoms with Gasteiger partial charge in [-0.05, 0) is 143 Å². The summed E-state index contributed by atoms with van der Waals surface area (Å²) in [6.07, 6.45) is 44.9. The molecule has 4 N–H and O–H groups in total. The Morgan fingerprint density at radius 1 is 0.786 bits per heavy atom. The van der Waals surface area contributed by atoms with Crippen LogP contribution in [0.3, 0.4) is 0 Å². The molecule has 5 aliphatic carbocycles. The number of piperidine rings is 1. The van der Waals surface area contributed by atoms with Gasteiger partial charge in [-0.15, -0.1) is 0 Å². The van der Waals surface area contributed by atoms with Crippen molar-refractivity contribution in [3.63, 3.8) is 0 Å². The van der Waals surface area contributed by atoms with Crippen molar-refractivity contribution in [3.8, 4) is 0 Å². The summed E-state index contributed by atoms with van der Waals surface area (Å²) in [5.41, 5.74) is 13.1. The van der Waals surface area contributed by atoms with Crippen molar-refractivity contribution in [1.82, 2.24) is 10.6 Å². The SMILES string of the molecule is NC(N/C(=C(\CC1=CCC(C2C=CC(C3CCCCN3)CC2)C=C1)C1CCCCC1)C1C=CCCC1)C1=CCCCC1. The molecule has 1 saturated heterocycles. The van der Waals surface area contributed by atoms with Crippen molar-refractivity contribution >= 4 is 0 Å². The van der Waals surface area contributed by atoms with E-state index in [2.05, 4.69) is 59.2 Å². The fourth-order valence-electron chi connectivity index (χ4n) is 8.96. The molecule has 6 aliphatic rings. The van der Waals surface area contributed by atoms with E-state index in [4.69, 9.17) is 5.73 Å². The third-order valence-corrected chi connectivity index (χ3v) is 11.6. The van der Waals surface area contributed by atoms with E-state index in [1.165, 1.54) is 127 Å². The summed E-state index contributed by atoms with van der Waals surface area (Å²) in [5, 5.41) is 7.80. The minimum absolute atomic E-state index is 0.0415. The van der Waals surface area contributed by atoms with Gasteiger partial charge in [-0.3, -0.25) is 0 Å². The summed E-state index contributed by atoms with van der Waals surface area (Å²) < 4.78 is 0. The lowest BCUT2D eigenvalue weighted by Gasteiger charge is -2.35. The second-order valence-corrected chi connectivity index (χ2v) is 14.4. The van der Waals surface area contributed by atoms with Gasteiger partial charge in [0.25, 0.3) is 0 Å². The second-order valence-electron chi connectivity index (χ2n) is 14.4. The molecule has 0 aromatic rings. The number of nitrogens with two attached hydrogens (primary N) is 1. The number of allylic oxidation sites excluding steroid dienone is 9. The quantitative estimate of drug-likeness (QED) is 0.192. The average molecular weight is 570 g/mol. The maximum absolute atomic E-state index is 6.94. The van der Waals surface area contributed by atoms with E-state index >= 15 is 0 Å². The standard InChI is InChI=1S/C39H59N3/c40-39(35-16-8-3-9-17-35)42-38(34-14-6-2-7-15-34)36(32-12-4-1-5-13-32)28-29-19-21-30(22-20-29)31-23-25-33(26-24-31)37-18-10-11-27-41-37/h6,14,16,19-21,23,25,30-34,37,39,41-42H,1-5,7-13,15,17-18,22,24,26-28,40H2/b38-36+. The lowest BCUT2D eigenvalue weighted by atomic mass is 9.74. The normalized spacial score (nSPS) is 33.9. The largest absolute Gasteiger partial charge is 0.369 e. The van der Waals surface area contributed by atoms with E-state index in [1.807, 2.05) is 0 Å². The Morgan fingerprint density at radius 2 is 1.64 bits per heavy atom. The van der Waals surface area contributed by atoms with Crippen LogP contribution in [0.15, 0.2) is 71.0 Å². The van der Waals surface area contributed by atoms with Crippen LogP contribution in [0.4, 0.5) is 0 Å². The first-order valence-electron chi connectivity index (χ1n) is 18.1. The van der Waals surface area contributed by atoms with Gasteiger partial charge in [0.2, 0.25) is 0 Å². The third kappa shape index (κ3) is 7.81. The summed E-state index contributed by atoms with van der Waals surface area (Å²) in [7, 11) is 0. The van der Waals surface area contributed by atoms with Crippen molar-refractivity contribution in [2.24, 2.45) is 35.3 Å². The smallest absolute Gasteiger partial charge is 0.0963 e. The molecule has 0 aromatic carbocycles. The predicted octanol–water partition coefficient (Wildman–Crippen LogP) is 9.17. The van der Waals surface area contributed by atoms with Crippen LogP contribution in [0, 0.1) is 29.6 Å². The maximum Gasteiger partial charge on any atom is 0.0963 e. The Labute approximate surface area is 257 Å². The Hall–Kier alpha value is -1.84. The monoisotopic (exact) mass is 569 g/mol. The fraction of sp³-hybridized carbons (Fsp3) is 0.692. The van der Waals surface area contributed by atoms with Gasteiger partial charge in [-0.2, -0.15) is 0 Å². The fourth-order valence-corrected chi connectivity index (χ4v) is 8.96. The van der Waals surface area contributed by atoms with Gasteiger partial charge in [0.15, 0.2) is 0 Å². The molecule has 6 rings (SSSR count). The third-order valence-electron chi connectivity index (χ3n) is 11.6. The first-order chi connectivity index (χ1) is 20.7. The number of hydrogen-bond donors (Lipinski definition) is 3. The summed E-state index contributed by atoms with van der Waals surface area (Å²) in [6.45, 7) is 1.22. The van der Waals surface area contributed by atoms with Crippen molar-refractivity contribution in [1.29, 1.82) is 0 Å². The molecule has 6 atom stereocenters. The molecule has 3 heteroatoms. The molecule has 6 unspecified atom stereocenters. The summed E-state index contributed by atoms with van der Waals surface area (Å²) in [6, 6.07) is 0.721. The van der Waals surface area contributed by atoms with Crippen molar-refractivity contribution in [2.45, 2.75) is 134 Å². The number of rotatable bonds is 9. The van der Waals surface area contributed by atoms with Crippen LogP contribution < -0.4 is 16.4 Å². The summed E-state index contributed by atoms with van der Waals surface area (Å²) in [4.78, 5) is 0. The Morgan fingerprint density at radius 3 is 2.33 bits per heavy atom. The van der Waals surface area contributed by atoms with E-state index in [0.29, 0.717) is 23.7 Å². The molecule has 0 spiro atoms. The average Bonchev–Trinajstić information content (AvgIpc) is 3.08. The maximum atomic E-state index is 6.94. The van der Waals surface area contributed by atoms with Gasteiger partial charge in [0.05, 0.1) is 6.17 Å². The Kier molecular flexibility index (Phi) is 11.0. The van der Waals surface area contributed by atoms with Crippen molar-refractivity contribution in [3.05, 3.63) is 71.0 Å². The highest BCUT2D eigenvalue weighted by Gasteiger charge is 2.30. The molecule has 0 amide bonds. The zero-order valence-electron chi connectivity index (χ0n) is 26.4. The molecule has 1 aliphatic heterocycles. The highest BCUT2D eigenvalue weighted by molar-refractivity contribution is 5.35. The molecule has 0 radical (unpaired) electrons. The minimum Gasteiger partial charge on any atom is -0.369 e. The number of nitrogens with one attached hydrogen (secondary N) is 2. The van der Waals surface area contributed by atoms with Gasteiger partial charge in [0, 0.05) is 17.7 Å². The van der Waals surface area contributed by atoms with Crippen LogP contribution >= 0.6 is 0 Å². The van der Waals surface area contributed by atoms with Crippen molar-refractivity contribution in [2.75, 3.05) is 6.54 Å². The molecule has 1 heterocycles. The van der Waals surface area contributed by atoms with E-state index in [-0.39, 0.29) is 6.17 Å². The number of hydrogen-bond acceptors (Lipinski definition) is 3. The second kappa shape index (κ2) is 15.2. The molecule has 3 nitrogen and oxygen atoms in total. The minimum atomic E-state index is -0.0415. The zero-order chi connectivity index (χ0) is 28.6. The molecule has 1 saturated carbocycles. The van der Waals surface area contributed by atoms with Gasteiger partial charge in [0.1, 0.15) is 0 Å². The molecular formula is C39H59N3. The van der Waals surface area contributed by atoms with Crippen molar-refractivity contribution < 1.29 is 0 Å². The molecule has 230 valence electrons. The lowest BCUT2D eigenvalue weighted by molar-refractivity contribution is 0.285. The topological polar surface area (TPSA) is 50.1 Å². The first kappa shape index (κ1) is 30.2.